The van der Waals surface area contributed by atoms with Crippen molar-refractivity contribution in [1.29, 1.82) is 0 Å². The molecule has 1 saturated carbocycles. The highest BCUT2D eigenvalue weighted by Gasteiger charge is 2.39. The molecule has 2 aliphatic heterocycles. The maximum Gasteiger partial charge on any atom is 0.306 e. The molecule has 12 heteroatoms. The summed E-state index contributed by atoms with van der Waals surface area (Å²) < 4.78 is 13.9. The molecule has 6 rings (SSSR count). The monoisotopic (exact) mass is 684 g/mol. The van der Waals surface area contributed by atoms with E-state index in [1.165, 1.54) is 0 Å². The Morgan fingerprint density at radius 3 is 2.62 bits per heavy atom. The average Bonchev–Trinajstić information content (AvgIpc) is 3.52. The number of carboxylic acids is 1. The zero-order valence-electron chi connectivity index (χ0n) is 26.6. The third-order valence-electron chi connectivity index (χ3n) is 9.90. The molecule has 252 valence electrons. The van der Waals surface area contributed by atoms with E-state index in [4.69, 9.17) is 32.7 Å². The van der Waals surface area contributed by atoms with Gasteiger partial charge in [-0.1, -0.05) is 41.4 Å². The average molecular weight is 686 g/mol. The predicted molar refractivity (Wildman–Crippen MR) is 181 cm³/mol. The number of ether oxygens (including phenoxy) is 2. The van der Waals surface area contributed by atoms with E-state index >= 15 is 0 Å². The molecule has 1 aliphatic carbocycles. The van der Waals surface area contributed by atoms with Crippen LogP contribution in [0, 0.1) is 5.92 Å². The van der Waals surface area contributed by atoms with Crippen molar-refractivity contribution in [3.63, 3.8) is 0 Å². The van der Waals surface area contributed by atoms with Crippen molar-refractivity contribution in [1.82, 2.24) is 14.4 Å². The van der Waals surface area contributed by atoms with Crippen LogP contribution in [0.25, 0.3) is 10.9 Å². The molecule has 10 nitrogen and oxygen atoms in total. The molecule has 0 bridgehead atoms. The smallest absolute Gasteiger partial charge is 0.306 e. The molecule has 1 aromatic heterocycles. The number of hydrogen-bond acceptors (Lipinski definition) is 6. The predicted octanol–water partition coefficient (Wildman–Crippen LogP) is 5.63. The number of nitrogens with one attached hydrogen (secondary N) is 1. The molecule has 2 amide bonds. The number of aryl methyl sites for hydroxylation is 1. The number of anilines is 1. The quantitative estimate of drug-likeness (QED) is 0.300. The normalized spacial score (nSPS) is 23.9. The van der Waals surface area contributed by atoms with Crippen LogP contribution in [0.15, 0.2) is 42.6 Å². The molecule has 47 heavy (non-hydrogen) atoms. The van der Waals surface area contributed by atoms with Gasteiger partial charge in [0.05, 0.1) is 54.0 Å². The Kier molecular flexibility index (Phi) is 10.7. The highest BCUT2D eigenvalue weighted by atomic mass is 35.5. The number of fused-ring (bicyclic) bond motifs is 1. The molecule has 3 heterocycles. The number of nitrogens with zero attached hydrogens (tertiary/aromatic N) is 3. The van der Waals surface area contributed by atoms with E-state index in [2.05, 4.69) is 10.2 Å². The van der Waals surface area contributed by atoms with Gasteiger partial charge in [-0.3, -0.25) is 19.3 Å². The van der Waals surface area contributed by atoms with Crippen molar-refractivity contribution in [2.75, 3.05) is 44.8 Å². The number of likely N-dealkylation sites (tertiary alicyclic amines) is 1. The van der Waals surface area contributed by atoms with Crippen molar-refractivity contribution in [2.24, 2.45) is 13.0 Å². The van der Waals surface area contributed by atoms with Gasteiger partial charge >= 0.3 is 5.97 Å². The number of aliphatic carboxylic acids is 1. The zero-order chi connectivity index (χ0) is 33.1. The van der Waals surface area contributed by atoms with Crippen molar-refractivity contribution in [2.45, 2.75) is 63.1 Å². The van der Waals surface area contributed by atoms with Crippen molar-refractivity contribution in [3.05, 3.63) is 63.8 Å². The minimum absolute atomic E-state index is 0.00179. The second-order valence-electron chi connectivity index (χ2n) is 13.0. The molecule has 2 N–H and O–H groups in total. The zero-order valence-corrected chi connectivity index (χ0v) is 28.1. The van der Waals surface area contributed by atoms with E-state index in [-0.39, 0.29) is 42.3 Å². The summed E-state index contributed by atoms with van der Waals surface area (Å²) in [4.78, 5) is 42.9. The lowest BCUT2D eigenvalue weighted by Gasteiger charge is -2.30. The van der Waals surface area contributed by atoms with Crippen LogP contribution in [-0.2, 0) is 32.5 Å². The van der Waals surface area contributed by atoms with E-state index in [1.807, 2.05) is 40.8 Å². The number of aromatic nitrogens is 1. The third kappa shape index (κ3) is 7.78. The van der Waals surface area contributed by atoms with Crippen LogP contribution in [0.5, 0.6) is 0 Å². The first-order chi connectivity index (χ1) is 22.7. The number of hydrogen-bond donors (Lipinski definition) is 2. The lowest BCUT2D eigenvalue weighted by atomic mass is 9.87. The summed E-state index contributed by atoms with van der Waals surface area (Å²) >= 11 is 13.4. The third-order valence-corrected chi connectivity index (χ3v) is 10.6. The van der Waals surface area contributed by atoms with Crippen molar-refractivity contribution >= 4 is 57.6 Å². The number of carbonyl (C=O) groups excluding carboxylic acids is 2. The number of amides is 2. The Balaban J connectivity index is 1.13. The van der Waals surface area contributed by atoms with E-state index in [9.17, 15) is 19.5 Å². The second kappa shape index (κ2) is 15.0. The first-order valence-corrected chi connectivity index (χ1v) is 17.2. The first-order valence-electron chi connectivity index (χ1n) is 16.5. The molecular weight excluding hydrogens is 643 g/mol. The summed E-state index contributed by atoms with van der Waals surface area (Å²) in [6, 6.07) is 11.0. The summed E-state index contributed by atoms with van der Waals surface area (Å²) in [5, 5.41) is 13.7. The fourth-order valence-corrected chi connectivity index (χ4v) is 7.73. The Morgan fingerprint density at radius 2 is 1.83 bits per heavy atom. The van der Waals surface area contributed by atoms with Gasteiger partial charge in [-0.05, 0) is 62.3 Å². The summed E-state index contributed by atoms with van der Waals surface area (Å²) in [6.07, 6.45) is 6.24. The number of para-hydroxylation sites is 1. The number of carbonyl (C=O) groups is 3. The summed E-state index contributed by atoms with van der Waals surface area (Å²) in [5.41, 5.74) is 2.43. The van der Waals surface area contributed by atoms with Gasteiger partial charge < -0.3 is 29.4 Å². The fraction of sp³-hybridized carbons (Fsp3) is 0.514. The van der Waals surface area contributed by atoms with Gasteiger partial charge in [-0.25, -0.2) is 0 Å². The van der Waals surface area contributed by atoms with Crippen molar-refractivity contribution in [3.8, 4) is 0 Å². The Hall–Kier alpha value is -3.15. The van der Waals surface area contributed by atoms with Crippen LogP contribution in [0.3, 0.4) is 0 Å². The van der Waals surface area contributed by atoms with Gasteiger partial charge in [0.25, 0.3) is 5.91 Å². The SMILES string of the molecule is Cn1cc(C(=O)Nc2cc(Cl)c(CC(=O)N3C[C@@H](N4CCCOCC4)C[C@H]3CO[C@H]3CC[C@H](C(=O)O)CC3)cc2Cl)c2ccccc21. The van der Waals surface area contributed by atoms with E-state index in [0.717, 1.165) is 43.4 Å². The molecule has 0 unspecified atom stereocenters. The number of halogens is 2. The number of carboxylic acid groups (broad SMARTS) is 1. The molecule has 3 aromatic rings. The Bertz CT molecular complexity index is 1610. The Labute approximate surface area is 284 Å². The molecule has 3 fully saturated rings. The van der Waals surface area contributed by atoms with Crippen LogP contribution in [0.4, 0.5) is 5.69 Å². The first kappa shape index (κ1) is 33.7. The minimum atomic E-state index is -0.737. The molecule has 2 atom stereocenters. The van der Waals surface area contributed by atoms with Gasteiger partial charge in [0.15, 0.2) is 0 Å². The summed E-state index contributed by atoms with van der Waals surface area (Å²) in [5.74, 6) is -1.40. The summed E-state index contributed by atoms with van der Waals surface area (Å²) in [7, 11) is 1.89. The number of benzene rings is 2. The van der Waals surface area contributed by atoms with Gasteiger partial charge in [-0.2, -0.15) is 0 Å². The lowest BCUT2D eigenvalue weighted by Crippen LogP contribution is -2.42. The molecule has 0 spiro atoms. The molecule has 2 saturated heterocycles. The Morgan fingerprint density at radius 1 is 1.04 bits per heavy atom. The fourth-order valence-electron chi connectivity index (χ4n) is 7.27. The van der Waals surface area contributed by atoms with Gasteiger partial charge in [0, 0.05) is 61.5 Å². The standard InChI is InChI=1S/C35H42Cl2N4O6/c1-39-20-28(27-5-2-3-6-32(27)39)34(43)38-31-18-29(36)23(15-30(31)37)16-33(42)41-19-24(40-11-4-13-46-14-12-40)17-25(41)21-47-26-9-7-22(8-10-26)35(44)45/h2-3,5-6,15,18,20,22,24-26H,4,7-14,16-17,19,21H2,1H3,(H,38,43)(H,44,45)/t22-,24-,25-,26-/m0/s1. The maximum atomic E-state index is 13.9. The molecule has 2 aromatic carbocycles. The second-order valence-corrected chi connectivity index (χ2v) is 13.8. The summed E-state index contributed by atoms with van der Waals surface area (Å²) in [6.45, 7) is 4.16. The topological polar surface area (TPSA) is 113 Å². The van der Waals surface area contributed by atoms with Crippen molar-refractivity contribution < 1.29 is 29.0 Å². The van der Waals surface area contributed by atoms with Gasteiger partial charge in [-0.15, -0.1) is 0 Å². The van der Waals surface area contributed by atoms with Crippen LogP contribution in [-0.4, -0.2) is 94.9 Å². The van der Waals surface area contributed by atoms with Crippen LogP contribution >= 0.6 is 23.2 Å². The minimum Gasteiger partial charge on any atom is -0.481 e. The largest absolute Gasteiger partial charge is 0.481 e. The van der Waals surface area contributed by atoms with E-state index in [0.29, 0.717) is 72.3 Å². The molecular formula is C35H42Cl2N4O6. The highest BCUT2D eigenvalue weighted by molar-refractivity contribution is 6.36. The van der Waals surface area contributed by atoms with Crippen LogP contribution in [0.1, 0.15) is 54.4 Å². The van der Waals surface area contributed by atoms with Gasteiger partial charge in [0.1, 0.15) is 0 Å². The highest BCUT2D eigenvalue weighted by Crippen LogP contribution is 2.33. The van der Waals surface area contributed by atoms with Crippen LogP contribution in [0.2, 0.25) is 10.0 Å². The van der Waals surface area contributed by atoms with Gasteiger partial charge in [0.2, 0.25) is 5.91 Å². The lowest BCUT2D eigenvalue weighted by molar-refractivity contribution is -0.144. The van der Waals surface area contributed by atoms with E-state index in [1.54, 1.807) is 18.3 Å². The molecule has 3 aliphatic rings. The van der Waals surface area contributed by atoms with E-state index < -0.39 is 5.97 Å². The maximum absolute atomic E-state index is 13.9. The number of rotatable bonds is 9. The molecule has 0 radical (unpaired) electrons. The van der Waals surface area contributed by atoms with Crippen LogP contribution < -0.4 is 5.32 Å².